The Bertz CT molecular complexity index is 395. The Morgan fingerprint density at radius 1 is 1.44 bits per heavy atom. The number of rotatable bonds is 5. The first-order valence-corrected chi connectivity index (χ1v) is 5.02. The van der Waals surface area contributed by atoms with Crippen LogP contribution in [0.5, 0.6) is 5.75 Å². The molecule has 0 bridgehead atoms. The van der Waals surface area contributed by atoms with Crippen molar-refractivity contribution in [1.82, 2.24) is 0 Å². The number of carbonyl (C=O) groups excluding carboxylic acids is 2. The van der Waals surface area contributed by atoms with Crippen molar-refractivity contribution in [2.75, 3.05) is 17.8 Å². The first kappa shape index (κ1) is 12.3. The molecule has 0 spiro atoms. The van der Waals surface area contributed by atoms with Gasteiger partial charge in [0, 0.05) is 11.8 Å². The summed E-state index contributed by atoms with van der Waals surface area (Å²) in [5.41, 5.74) is 5.48. The van der Waals surface area contributed by atoms with E-state index in [-0.39, 0.29) is 18.4 Å². The molecule has 5 nitrogen and oxygen atoms in total. The van der Waals surface area contributed by atoms with Crippen molar-refractivity contribution in [3.05, 3.63) is 24.3 Å². The maximum atomic E-state index is 11.0. The van der Waals surface area contributed by atoms with Crippen molar-refractivity contribution in [3.63, 3.8) is 0 Å². The summed E-state index contributed by atoms with van der Waals surface area (Å²) in [5, 5.41) is 2.55. The summed E-state index contributed by atoms with van der Waals surface area (Å²) in [6.45, 7) is -0.201. The van der Waals surface area contributed by atoms with Crippen LogP contribution in [0.15, 0.2) is 24.3 Å². The van der Waals surface area contributed by atoms with Crippen LogP contribution in [0.2, 0.25) is 0 Å². The van der Waals surface area contributed by atoms with E-state index < -0.39 is 5.91 Å². The van der Waals surface area contributed by atoms with Gasteiger partial charge >= 0.3 is 0 Å². The summed E-state index contributed by atoms with van der Waals surface area (Å²) in [6.07, 6.45) is 0. The minimum Gasteiger partial charge on any atom is -0.484 e. The van der Waals surface area contributed by atoms with Gasteiger partial charge in [-0.15, -0.1) is 11.6 Å². The summed E-state index contributed by atoms with van der Waals surface area (Å²) in [7, 11) is 0. The average molecular weight is 243 g/mol. The highest BCUT2D eigenvalue weighted by atomic mass is 35.5. The number of hydrogen-bond donors (Lipinski definition) is 2. The molecule has 0 aliphatic rings. The van der Waals surface area contributed by atoms with Crippen LogP contribution in [-0.4, -0.2) is 24.3 Å². The third-order valence-electron chi connectivity index (χ3n) is 1.62. The Hall–Kier alpha value is -1.75. The van der Waals surface area contributed by atoms with Crippen molar-refractivity contribution >= 4 is 29.1 Å². The van der Waals surface area contributed by atoms with Gasteiger partial charge in [0.25, 0.3) is 5.91 Å². The Labute approximate surface area is 97.5 Å². The first-order chi connectivity index (χ1) is 7.61. The van der Waals surface area contributed by atoms with Crippen LogP contribution < -0.4 is 15.8 Å². The van der Waals surface area contributed by atoms with Gasteiger partial charge in [-0.3, -0.25) is 9.59 Å². The molecule has 0 heterocycles. The normalized spacial score (nSPS) is 9.56. The molecule has 1 aromatic rings. The van der Waals surface area contributed by atoms with Crippen LogP contribution in [0.25, 0.3) is 0 Å². The van der Waals surface area contributed by atoms with E-state index in [1.807, 2.05) is 0 Å². The van der Waals surface area contributed by atoms with E-state index in [1.54, 1.807) is 24.3 Å². The van der Waals surface area contributed by atoms with Crippen LogP contribution in [0.1, 0.15) is 0 Å². The number of anilines is 1. The second kappa shape index (κ2) is 5.97. The Morgan fingerprint density at radius 2 is 2.19 bits per heavy atom. The van der Waals surface area contributed by atoms with Gasteiger partial charge in [-0.25, -0.2) is 0 Å². The van der Waals surface area contributed by atoms with Gasteiger partial charge in [0.05, 0.1) is 0 Å². The molecule has 0 unspecified atom stereocenters. The lowest BCUT2D eigenvalue weighted by Gasteiger charge is -2.06. The SMILES string of the molecule is NC(=O)COc1cccc(NC(=O)CCl)c1. The largest absolute Gasteiger partial charge is 0.484 e. The number of amides is 2. The molecule has 0 aliphatic heterocycles. The zero-order valence-corrected chi connectivity index (χ0v) is 9.16. The molecule has 2 amide bonds. The number of nitrogens with two attached hydrogens (primary N) is 1. The predicted octanol–water partition coefficient (Wildman–Crippen LogP) is 0.728. The van der Waals surface area contributed by atoms with Gasteiger partial charge in [0.1, 0.15) is 11.6 Å². The maximum absolute atomic E-state index is 11.0. The van der Waals surface area contributed by atoms with Crippen molar-refractivity contribution in [2.45, 2.75) is 0 Å². The van der Waals surface area contributed by atoms with Crippen LogP contribution in [0.4, 0.5) is 5.69 Å². The second-order valence-corrected chi connectivity index (χ2v) is 3.23. The Morgan fingerprint density at radius 3 is 2.81 bits per heavy atom. The second-order valence-electron chi connectivity index (χ2n) is 2.96. The highest BCUT2D eigenvalue weighted by Gasteiger charge is 2.02. The van der Waals surface area contributed by atoms with E-state index in [0.717, 1.165) is 0 Å². The third-order valence-corrected chi connectivity index (χ3v) is 1.86. The lowest BCUT2D eigenvalue weighted by Crippen LogP contribution is -2.20. The van der Waals surface area contributed by atoms with Crippen molar-refractivity contribution in [1.29, 1.82) is 0 Å². The fourth-order valence-electron chi connectivity index (χ4n) is 1.01. The zero-order valence-electron chi connectivity index (χ0n) is 8.40. The van der Waals surface area contributed by atoms with Gasteiger partial charge in [-0.1, -0.05) is 6.07 Å². The van der Waals surface area contributed by atoms with Gasteiger partial charge < -0.3 is 15.8 Å². The van der Waals surface area contributed by atoms with Crippen molar-refractivity contribution in [2.24, 2.45) is 5.73 Å². The summed E-state index contributed by atoms with van der Waals surface area (Å²) < 4.78 is 5.06. The maximum Gasteiger partial charge on any atom is 0.255 e. The molecule has 86 valence electrons. The monoisotopic (exact) mass is 242 g/mol. The zero-order chi connectivity index (χ0) is 12.0. The number of alkyl halides is 1. The number of hydrogen-bond acceptors (Lipinski definition) is 3. The van der Waals surface area contributed by atoms with E-state index in [2.05, 4.69) is 5.32 Å². The topological polar surface area (TPSA) is 81.4 Å². The van der Waals surface area contributed by atoms with E-state index in [0.29, 0.717) is 11.4 Å². The number of ether oxygens (including phenoxy) is 1. The van der Waals surface area contributed by atoms with Gasteiger partial charge in [-0.2, -0.15) is 0 Å². The van der Waals surface area contributed by atoms with Crippen LogP contribution in [0, 0.1) is 0 Å². The molecule has 1 rings (SSSR count). The fourth-order valence-corrected chi connectivity index (χ4v) is 1.08. The molecule has 3 N–H and O–H groups in total. The number of carbonyl (C=O) groups is 2. The molecule has 0 atom stereocenters. The molecule has 0 saturated carbocycles. The molecule has 0 aliphatic carbocycles. The lowest BCUT2D eigenvalue weighted by molar-refractivity contribution is -0.120. The molecule has 16 heavy (non-hydrogen) atoms. The first-order valence-electron chi connectivity index (χ1n) is 4.49. The molecule has 0 aromatic heterocycles. The number of halogens is 1. The minimum absolute atomic E-state index is 0.119. The van der Waals surface area contributed by atoms with E-state index in [9.17, 15) is 9.59 Å². The molecular weight excluding hydrogens is 232 g/mol. The molecule has 1 aromatic carbocycles. The van der Waals surface area contributed by atoms with Crippen molar-refractivity contribution in [3.8, 4) is 5.75 Å². The van der Waals surface area contributed by atoms with E-state index in [4.69, 9.17) is 22.1 Å². The van der Waals surface area contributed by atoms with Crippen LogP contribution in [-0.2, 0) is 9.59 Å². The molecule has 0 radical (unpaired) electrons. The quantitative estimate of drug-likeness (QED) is 0.747. The number of benzene rings is 1. The fraction of sp³-hybridized carbons (Fsp3) is 0.200. The summed E-state index contributed by atoms with van der Waals surface area (Å²) in [5.74, 6) is -0.540. The number of primary amides is 1. The summed E-state index contributed by atoms with van der Waals surface area (Å²) in [4.78, 5) is 21.5. The molecule has 0 fully saturated rings. The smallest absolute Gasteiger partial charge is 0.255 e. The number of nitrogens with one attached hydrogen (secondary N) is 1. The van der Waals surface area contributed by atoms with Gasteiger partial charge in [0.2, 0.25) is 5.91 Å². The minimum atomic E-state index is -0.560. The lowest BCUT2D eigenvalue weighted by atomic mass is 10.3. The highest BCUT2D eigenvalue weighted by Crippen LogP contribution is 2.17. The van der Waals surface area contributed by atoms with Gasteiger partial charge in [-0.05, 0) is 12.1 Å². The third kappa shape index (κ3) is 4.18. The van der Waals surface area contributed by atoms with Crippen LogP contribution >= 0.6 is 11.6 Å². The average Bonchev–Trinajstić information content (AvgIpc) is 2.26. The molecular formula is C10H11ClN2O3. The van der Waals surface area contributed by atoms with E-state index in [1.165, 1.54) is 0 Å². The standard InChI is InChI=1S/C10H11ClN2O3/c11-5-10(15)13-7-2-1-3-8(4-7)16-6-9(12)14/h1-4H,5-6H2,(H2,12,14)(H,13,15). The van der Waals surface area contributed by atoms with E-state index >= 15 is 0 Å². The Kier molecular flexibility index (Phi) is 4.60. The van der Waals surface area contributed by atoms with Crippen molar-refractivity contribution < 1.29 is 14.3 Å². The van der Waals surface area contributed by atoms with Crippen LogP contribution in [0.3, 0.4) is 0 Å². The summed E-state index contributed by atoms with van der Waals surface area (Å²) in [6, 6.07) is 6.59. The predicted molar refractivity (Wildman–Crippen MR) is 60.5 cm³/mol. The van der Waals surface area contributed by atoms with Gasteiger partial charge in [0.15, 0.2) is 6.61 Å². The summed E-state index contributed by atoms with van der Waals surface area (Å²) >= 11 is 5.34. The molecule has 6 heteroatoms. The highest BCUT2D eigenvalue weighted by molar-refractivity contribution is 6.29. The molecule has 0 saturated heterocycles. The Balaban J connectivity index is 2.63.